The SMILES string of the molecule is CC(=O)OC[C@]12[C@H](OS(=O)(=O)O)C(=O)C(C)=C[C@H]1O[C@@H]1[C@H](OC(C)=O)C[C@@]2(C)[C@]12CO2. The summed E-state index contributed by atoms with van der Waals surface area (Å²) in [5.41, 5.74) is -3.50. The van der Waals surface area contributed by atoms with E-state index < -0.39 is 75.6 Å². The lowest BCUT2D eigenvalue weighted by Gasteiger charge is -2.58. The van der Waals surface area contributed by atoms with Crippen LogP contribution >= 0.6 is 0 Å². The van der Waals surface area contributed by atoms with Crippen LogP contribution in [0.1, 0.15) is 34.1 Å². The Morgan fingerprint density at radius 3 is 2.45 bits per heavy atom. The molecular weight excluding hydrogens is 436 g/mol. The number of epoxide rings is 1. The Kier molecular flexibility index (Phi) is 4.91. The molecule has 4 aliphatic rings. The second-order valence-corrected chi connectivity index (χ2v) is 9.83. The van der Waals surface area contributed by atoms with Gasteiger partial charge >= 0.3 is 22.3 Å². The van der Waals surface area contributed by atoms with Gasteiger partial charge in [-0.2, -0.15) is 8.42 Å². The molecule has 11 nitrogen and oxygen atoms in total. The van der Waals surface area contributed by atoms with E-state index in [1.807, 2.05) is 0 Å². The molecule has 4 rings (SSSR count). The lowest BCUT2D eigenvalue weighted by molar-refractivity contribution is -0.244. The minimum absolute atomic E-state index is 0.139. The van der Waals surface area contributed by atoms with Gasteiger partial charge in [0.1, 0.15) is 24.4 Å². The van der Waals surface area contributed by atoms with Gasteiger partial charge in [0.15, 0.2) is 11.9 Å². The summed E-state index contributed by atoms with van der Waals surface area (Å²) in [6, 6.07) is 0. The number of esters is 2. The van der Waals surface area contributed by atoms with E-state index >= 15 is 0 Å². The van der Waals surface area contributed by atoms with Gasteiger partial charge in [-0.3, -0.25) is 18.9 Å². The van der Waals surface area contributed by atoms with Crippen molar-refractivity contribution in [2.75, 3.05) is 13.2 Å². The largest absolute Gasteiger partial charge is 0.465 e. The van der Waals surface area contributed by atoms with E-state index in [-0.39, 0.29) is 18.6 Å². The number of rotatable bonds is 5. The molecule has 2 aliphatic carbocycles. The Bertz CT molecular complexity index is 981. The molecule has 2 aliphatic heterocycles. The van der Waals surface area contributed by atoms with Crippen molar-refractivity contribution in [3.63, 3.8) is 0 Å². The van der Waals surface area contributed by atoms with Crippen molar-refractivity contribution in [2.24, 2.45) is 10.8 Å². The summed E-state index contributed by atoms with van der Waals surface area (Å²) in [4.78, 5) is 36.5. The van der Waals surface area contributed by atoms with Gasteiger partial charge < -0.3 is 18.9 Å². The third-order valence-electron chi connectivity index (χ3n) is 7.17. The molecule has 7 atom stereocenters. The number of Topliss-reactive ketones (excluding diaryl/α,β-unsaturated/α-hetero) is 1. The normalized spacial score (nSPS) is 43.3. The summed E-state index contributed by atoms with van der Waals surface area (Å²) in [7, 11) is -5.07. The highest BCUT2D eigenvalue weighted by Gasteiger charge is 2.84. The molecule has 0 aromatic carbocycles. The van der Waals surface area contributed by atoms with Gasteiger partial charge in [0.05, 0.1) is 18.1 Å². The first-order valence-corrected chi connectivity index (χ1v) is 11.1. The third-order valence-corrected chi connectivity index (χ3v) is 7.61. The van der Waals surface area contributed by atoms with Gasteiger partial charge in [0, 0.05) is 19.3 Å². The smallest absolute Gasteiger partial charge is 0.398 e. The second-order valence-electron chi connectivity index (χ2n) is 8.78. The highest BCUT2D eigenvalue weighted by atomic mass is 32.3. The van der Waals surface area contributed by atoms with Crippen LogP contribution in [0.15, 0.2) is 11.6 Å². The monoisotopic (exact) mass is 460 g/mol. The van der Waals surface area contributed by atoms with E-state index in [9.17, 15) is 27.4 Å². The van der Waals surface area contributed by atoms with E-state index in [0.717, 1.165) is 0 Å². The maximum Gasteiger partial charge on any atom is 0.398 e. The molecule has 2 bridgehead atoms. The molecule has 3 fully saturated rings. The van der Waals surface area contributed by atoms with Crippen molar-refractivity contribution in [2.45, 2.75) is 64.1 Å². The van der Waals surface area contributed by atoms with E-state index in [4.69, 9.17) is 23.1 Å². The van der Waals surface area contributed by atoms with Crippen molar-refractivity contribution in [1.82, 2.24) is 0 Å². The highest BCUT2D eigenvalue weighted by Crippen LogP contribution is 2.72. The van der Waals surface area contributed by atoms with E-state index in [0.29, 0.717) is 0 Å². The van der Waals surface area contributed by atoms with Crippen molar-refractivity contribution in [3.8, 4) is 0 Å². The van der Waals surface area contributed by atoms with E-state index in [2.05, 4.69) is 0 Å². The van der Waals surface area contributed by atoms with E-state index in [1.165, 1.54) is 26.8 Å². The first kappa shape index (κ1) is 22.3. The standard InChI is InChI=1S/C19H24O11S/c1-9-5-13-18(7-26-10(2)20,16(14(9)22)30-31(23,24)25)17(4)6-12(28-11(3)21)15(29-13)19(17)8-27-19/h5,12-13,15-16H,6-8H2,1-4H3,(H,23,24,25)/t12-,13-,15-,16-,17-,18-,19+/m1/s1. The molecule has 172 valence electrons. The Balaban J connectivity index is 1.92. The summed E-state index contributed by atoms with van der Waals surface area (Å²) in [5, 5.41) is 0. The Morgan fingerprint density at radius 2 is 1.94 bits per heavy atom. The summed E-state index contributed by atoms with van der Waals surface area (Å²) >= 11 is 0. The van der Waals surface area contributed by atoms with E-state index in [1.54, 1.807) is 6.92 Å². The summed E-state index contributed by atoms with van der Waals surface area (Å²) in [6.07, 6.45) is -2.45. The van der Waals surface area contributed by atoms with Crippen LogP contribution in [-0.2, 0) is 47.9 Å². The Hall–Kier alpha value is -1.86. The number of ether oxygens (including phenoxy) is 4. The molecule has 2 saturated heterocycles. The van der Waals surface area contributed by atoms with Gasteiger partial charge in [-0.15, -0.1) is 0 Å². The van der Waals surface area contributed by atoms with Crippen LogP contribution in [0.5, 0.6) is 0 Å². The fourth-order valence-electron chi connectivity index (χ4n) is 5.71. The predicted molar refractivity (Wildman–Crippen MR) is 99.9 cm³/mol. The number of fused-ring (bicyclic) bond motifs is 2. The highest BCUT2D eigenvalue weighted by molar-refractivity contribution is 7.80. The van der Waals surface area contributed by atoms with Crippen molar-refractivity contribution in [3.05, 3.63) is 11.6 Å². The molecule has 12 heteroatoms. The molecule has 0 aromatic heterocycles. The number of hydrogen-bond acceptors (Lipinski definition) is 10. The van der Waals surface area contributed by atoms with Crippen LogP contribution < -0.4 is 0 Å². The van der Waals surface area contributed by atoms with Crippen molar-refractivity contribution < 1.29 is 50.5 Å². The molecule has 0 radical (unpaired) electrons. The quantitative estimate of drug-likeness (QED) is 0.338. The Morgan fingerprint density at radius 1 is 1.29 bits per heavy atom. The topological polar surface area (TPSA) is 155 Å². The molecule has 1 N–H and O–H groups in total. The summed E-state index contributed by atoms with van der Waals surface area (Å²) < 4.78 is 60.6. The zero-order valence-electron chi connectivity index (χ0n) is 17.4. The molecule has 1 saturated carbocycles. The Labute approximate surface area is 178 Å². The van der Waals surface area contributed by atoms with Crippen LogP contribution in [0.4, 0.5) is 0 Å². The molecule has 1 spiro atoms. The maximum absolute atomic E-state index is 13.1. The number of carbonyl (C=O) groups excluding carboxylic acids is 3. The lowest BCUT2D eigenvalue weighted by atomic mass is 9.50. The van der Waals surface area contributed by atoms with Gasteiger partial charge in [-0.25, -0.2) is 4.18 Å². The summed E-state index contributed by atoms with van der Waals surface area (Å²) in [6.45, 7) is 5.40. The van der Waals surface area contributed by atoms with Crippen LogP contribution in [0, 0.1) is 10.8 Å². The first-order valence-electron chi connectivity index (χ1n) is 9.76. The van der Waals surface area contributed by atoms with Crippen LogP contribution in [0.2, 0.25) is 0 Å². The molecule has 31 heavy (non-hydrogen) atoms. The maximum atomic E-state index is 13.1. The van der Waals surface area contributed by atoms with Crippen LogP contribution in [0.3, 0.4) is 0 Å². The van der Waals surface area contributed by atoms with Gasteiger partial charge in [0.2, 0.25) is 0 Å². The average molecular weight is 460 g/mol. The zero-order valence-corrected chi connectivity index (χ0v) is 18.3. The van der Waals surface area contributed by atoms with Gasteiger partial charge in [0.25, 0.3) is 0 Å². The van der Waals surface area contributed by atoms with Crippen molar-refractivity contribution in [1.29, 1.82) is 0 Å². The molecular formula is C19H24O11S. The minimum atomic E-state index is -5.07. The zero-order chi connectivity index (χ0) is 23.0. The molecule has 2 heterocycles. The number of carbonyl (C=O) groups is 3. The molecule has 0 aromatic rings. The number of ketones is 1. The second kappa shape index (κ2) is 6.82. The summed E-state index contributed by atoms with van der Waals surface area (Å²) in [5.74, 6) is -1.90. The lowest BCUT2D eigenvalue weighted by Crippen LogP contribution is -2.71. The van der Waals surface area contributed by atoms with Gasteiger partial charge in [-0.1, -0.05) is 6.92 Å². The predicted octanol–water partition coefficient (Wildman–Crippen LogP) is 0.131. The fourth-order valence-corrected chi connectivity index (χ4v) is 6.22. The molecule has 0 unspecified atom stereocenters. The average Bonchev–Trinajstić information content (AvgIpc) is 3.39. The van der Waals surface area contributed by atoms with Crippen LogP contribution in [-0.4, -0.2) is 73.9 Å². The van der Waals surface area contributed by atoms with Crippen molar-refractivity contribution >= 4 is 28.1 Å². The third kappa shape index (κ3) is 3.07. The molecule has 0 amide bonds. The number of hydrogen-bond donors (Lipinski definition) is 1. The minimum Gasteiger partial charge on any atom is -0.465 e. The van der Waals surface area contributed by atoms with Gasteiger partial charge in [-0.05, 0) is 25.0 Å². The first-order chi connectivity index (χ1) is 14.3. The van der Waals surface area contributed by atoms with Crippen LogP contribution in [0.25, 0.3) is 0 Å². The fraction of sp³-hybridized carbons (Fsp3) is 0.737.